The van der Waals surface area contributed by atoms with Gasteiger partial charge in [-0.3, -0.25) is 4.79 Å². The van der Waals surface area contributed by atoms with Crippen molar-refractivity contribution in [3.05, 3.63) is 11.6 Å². The first kappa shape index (κ1) is 9.30. The van der Waals surface area contributed by atoms with Gasteiger partial charge in [-0.2, -0.15) is 0 Å². The zero-order valence-electron chi connectivity index (χ0n) is 7.96. The molecule has 1 aliphatic carbocycles. The van der Waals surface area contributed by atoms with Crippen molar-refractivity contribution in [2.24, 2.45) is 5.92 Å². The lowest BCUT2D eigenvalue weighted by molar-refractivity contribution is -0.148. The van der Waals surface area contributed by atoms with Crippen LogP contribution in [0.1, 0.15) is 33.6 Å². The highest BCUT2D eigenvalue weighted by Gasteiger charge is 2.21. The summed E-state index contributed by atoms with van der Waals surface area (Å²) in [7, 11) is 0. The monoisotopic (exact) mass is 168 g/mol. The summed E-state index contributed by atoms with van der Waals surface area (Å²) in [5.41, 5.74) is 1.41. The molecule has 0 radical (unpaired) electrons. The van der Waals surface area contributed by atoms with Crippen LogP contribution in [-0.2, 0) is 9.53 Å². The maximum atomic E-state index is 10.7. The third-order valence-corrected chi connectivity index (χ3v) is 2.27. The van der Waals surface area contributed by atoms with Crippen LogP contribution in [0.5, 0.6) is 0 Å². The molecule has 0 saturated carbocycles. The third-order valence-electron chi connectivity index (χ3n) is 2.27. The van der Waals surface area contributed by atoms with Crippen LogP contribution in [0, 0.1) is 5.92 Å². The van der Waals surface area contributed by atoms with E-state index in [-0.39, 0.29) is 12.1 Å². The van der Waals surface area contributed by atoms with E-state index in [0.717, 1.165) is 12.8 Å². The number of hydrogen-bond donors (Lipinski definition) is 0. The average Bonchev–Trinajstić information content (AvgIpc) is 1.94. The van der Waals surface area contributed by atoms with E-state index >= 15 is 0 Å². The maximum Gasteiger partial charge on any atom is 0.302 e. The van der Waals surface area contributed by atoms with Crippen LogP contribution < -0.4 is 0 Å². The summed E-state index contributed by atoms with van der Waals surface area (Å²) in [6.45, 7) is 5.69. The van der Waals surface area contributed by atoms with E-state index in [2.05, 4.69) is 19.9 Å². The second-order valence-electron chi connectivity index (χ2n) is 3.56. The van der Waals surface area contributed by atoms with Crippen molar-refractivity contribution >= 4 is 5.97 Å². The smallest absolute Gasteiger partial charge is 0.302 e. The summed E-state index contributed by atoms with van der Waals surface area (Å²) in [6.07, 6.45) is 4.33. The van der Waals surface area contributed by atoms with Gasteiger partial charge < -0.3 is 4.74 Å². The molecule has 1 aliphatic rings. The van der Waals surface area contributed by atoms with Crippen molar-refractivity contribution in [1.82, 2.24) is 0 Å². The number of carbonyl (C=O) groups excluding carboxylic acids is 1. The van der Waals surface area contributed by atoms with Gasteiger partial charge in [0, 0.05) is 12.8 Å². The van der Waals surface area contributed by atoms with Gasteiger partial charge in [-0.1, -0.05) is 18.6 Å². The Morgan fingerprint density at radius 3 is 2.83 bits per heavy atom. The number of hydrogen-bond acceptors (Lipinski definition) is 2. The number of esters is 1. The van der Waals surface area contributed by atoms with Gasteiger partial charge in [0.25, 0.3) is 0 Å². The molecular weight excluding hydrogens is 152 g/mol. The van der Waals surface area contributed by atoms with Gasteiger partial charge in [-0.25, -0.2) is 0 Å². The summed E-state index contributed by atoms with van der Waals surface area (Å²) in [5, 5.41) is 0. The molecule has 2 unspecified atom stereocenters. The molecule has 0 saturated heterocycles. The molecule has 0 spiro atoms. The van der Waals surface area contributed by atoms with E-state index in [1.807, 2.05) is 0 Å². The fraction of sp³-hybridized carbons (Fsp3) is 0.700. The minimum Gasteiger partial charge on any atom is -0.462 e. The van der Waals surface area contributed by atoms with Crippen molar-refractivity contribution in [1.29, 1.82) is 0 Å². The molecule has 2 nitrogen and oxygen atoms in total. The van der Waals surface area contributed by atoms with Crippen LogP contribution in [0.4, 0.5) is 0 Å². The minimum absolute atomic E-state index is 0.103. The largest absolute Gasteiger partial charge is 0.462 e. The molecule has 0 N–H and O–H groups in total. The zero-order chi connectivity index (χ0) is 9.14. The Morgan fingerprint density at radius 1 is 1.67 bits per heavy atom. The summed E-state index contributed by atoms with van der Waals surface area (Å²) >= 11 is 0. The summed E-state index contributed by atoms with van der Waals surface area (Å²) in [6, 6.07) is 0. The Balaban J connectivity index is 2.53. The van der Waals surface area contributed by atoms with Gasteiger partial charge in [-0.15, -0.1) is 0 Å². The van der Waals surface area contributed by atoms with Crippen LogP contribution in [0.15, 0.2) is 11.6 Å². The fourth-order valence-electron chi connectivity index (χ4n) is 1.65. The van der Waals surface area contributed by atoms with E-state index in [0.29, 0.717) is 5.92 Å². The Labute approximate surface area is 73.6 Å². The van der Waals surface area contributed by atoms with Crippen LogP contribution in [-0.4, -0.2) is 12.1 Å². The average molecular weight is 168 g/mol. The second-order valence-corrected chi connectivity index (χ2v) is 3.56. The first-order valence-corrected chi connectivity index (χ1v) is 4.44. The molecule has 0 heterocycles. The van der Waals surface area contributed by atoms with Gasteiger partial charge >= 0.3 is 5.97 Å². The van der Waals surface area contributed by atoms with E-state index in [9.17, 15) is 4.79 Å². The highest BCUT2D eigenvalue weighted by molar-refractivity contribution is 5.66. The highest BCUT2D eigenvalue weighted by Crippen LogP contribution is 2.24. The van der Waals surface area contributed by atoms with Gasteiger partial charge in [0.1, 0.15) is 6.10 Å². The molecule has 12 heavy (non-hydrogen) atoms. The fourth-order valence-corrected chi connectivity index (χ4v) is 1.65. The van der Waals surface area contributed by atoms with E-state index in [4.69, 9.17) is 4.74 Å². The Kier molecular flexibility index (Phi) is 2.90. The predicted octanol–water partition coefficient (Wildman–Crippen LogP) is 2.29. The first-order chi connectivity index (χ1) is 5.59. The summed E-state index contributed by atoms with van der Waals surface area (Å²) in [4.78, 5) is 10.7. The number of ether oxygens (including phenoxy) is 1. The Bertz CT molecular complexity index is 206. The predicted molar refractivity (Wildman–Crippen MR) is 47.7 cm³/mol. The lowest BCUT2D eigenvalue weighted by Gasteiger charge is -2.26. The normalized spacial score (nSPS) is 29.4. The topological polar surface area (TPSA) is 26.3 Å². The van der Waals surface area contributed by atoms with Crippen LogP contribution in [0.25, 0.3) is 0 Å². The third kappa shape index (κ3) is 2.36. The zero-order valence-corrected chi connectivity index (χ0v) is 7.96. The van der Waals surface area contributed by atoms with Gasteiger partial charge in [0.05, 0.1) is 0 Å². The van der Waals surface area contributed by atoms with E-state index in [1.54, 1.807) is 0 Å². The quantitative estimate of drug-likeness (QED) is 0.443. The first-order valence-electron chi connectivity index (χ1n) is 4.44. The summed E-state index contributed by atoms with van der Waals surface area (Å²) in [5.74, 6) is 0.211. The van der Waals surface area contributed by atoms with Crippen LogP contribution >= 0.6 is 0 Å². The van der Waals surface area contributed by atoms with Crippen molar-refractivity contribution in [3.63, 3.8) is 0 Å². The lowest BCUT2D eigenvalue weighted by Crippen LogP contribution is -2.25. The molecule has 0 aromatic rings. The maximum absolute atomic E-state index is 10.7. The van der Waals surface area contributed by atoms with Crippen LogP contribution in [0.3, 0.4) is 0 Å². The standard InChI is InChI=1S/C10H16O2/c1-7-4-5-10(8(2)6-7)12-9(3)11/h6,8,10H,4-5H2,1-3H3. The molecular formula is C10H16O2. The van der Waals surface area contributed by atoms with E-state index < -0.39 is 0 Å². The van der Waals surface area contributed by atoms with Crippen molar-refractivity contribution in [2.75, 3.05) is 0 Å². The van der Waals surface area contributed by atoms with Gasteiger partial charge in [0.15, 0.2) is 0 Å². The Morgan fingerprint density at radius 2 is 2.33 bits per heavy atom. The SMILES string of the molecule is CC(=O)OC1CCC(C)=CC1C. The minimum atomic E-state index is -0.167. The molecule has 0 fully saturated rings. The second kappa shape index (κ2) is 3.74. The molecule has 2 atom stereocenters. The highest BCUT2D eigenvalue weighted by atomic mass is 16.5. The molecule has 0 aromatic heterocycles. The molecule has 0 amide bonds. The molecule has 0 bridgehead atoms. The lowest BCUT2D eigenvalue weighted by atomic mass is 9.90. The Hall–Kier alpha value is -0.790. The molecule has 0 aromatic carbocycles. The molecule has 2 heteroatoms. The number of rotatable bonds is 1. The molecule has 68 valence electrons. The summed E-state index contributed by atoms with van der Waals surface area (Å²) < 4.78 is 5.17. The van der Waals surface area contributed by atoms with Crippen molar-refractivity contribution in [2.45, 2.75) is 39.7 Å². The van der Waals surface area contributed by atoms with Crippen LogP contribution in [0.2, 0.25) is 0 Å². The number of allylic oxidation sites excluding steroid dienone is 1. The van der Waals surface area contributed by atoms with E-state index in [1.165, 1.54) is 12.5 Å². The van der Waals surface area contributed by atoms with Gasteiger partial charge in [-0.05, 0) is 19.8 Å². The molecule has 0 aliphatic heterocycles. The van der Waals surface area contributed by atoms with Crippen molar-refractivity contribution < 1.29 is 9.53 Å². The molecule has 1 rings (SSSR count). The van der Waals surface area contributed by atoms with Gasteiger partial charge in [0.2, 0.25) is 0 Å². The van der Waals surface area contributed by atoms with Crippen molar-refractivity contribution in [3.8, 4) is 0 Å². The number of carbonyl (C=O) groups is 1.